The summed E-state index contributed by atoms with van der Waals surface area (Å²) in [6.07, 6.45) is 5.08. The zero-order valence-electron chi connectivity index (χ0n) is 11.8. The SMILES string of the molecule is Cc1ccc(C(=O)O)c(OCC(O)CC2CCCC2)c1. The fourth-order valence-corrected chi connectivity index (χ4v) is 2.81. The van der Waals surface area contributed by atoms with Crippen LogP contribution in [0.25, 0.3) is 0 Å². The van der Waals surface area contributed by atoms with Gasteiger partial charge in [0.15, 0.2) is 0 Å². The van der Waals surface area contributed by atoms with Gasteiger partial charge in [0, 0.05) is 0 Å². The molecule has 0 spiro atoms. The van der Waals surface area contributed by atoms with Gasteiger partial charge in [-0.25, -0.2) is 4.79 Å². The van der Waals surface area contributed by atoms with Gasteiger partial charge < -0.3 is 14.9 Å². The van der Waals surface area contributed by atoms with E-state index in [2.05, 4.69) is 0 Å². The Balaban J connectivity index is 1.92. The van der Waals surface area contributed by atoms with Gasteiger partial charge in [0.1, 0.15) is 17.9 Å². The quantitative estimate of drug-likeness (QED) is 0.839. The summed E-state index contributed by atoms with van der Waals surface area (Å²) in [5.74, 6) is -0.0849. The van der Waals surface area contributed by atoms with Gasteiger partial charge >= 0.3 is 5.97 Å². The van der Waals surface area contributed by atoms with Crippen molar-refractivity contribution in [2.45, 2.75) is 45.1 Å². The molecule has 1 fully saturated rings. The van der Waals surface area contributed by atoms with Gasteiger partial charge in [-0.3, -0.25) is 0 Å². The zero-order valence-corrected chi connectivity index (χ0v) is 11.8. The number of carboxylic acid groups (broad SMARTS) is 1. The highest BCUT2D eigenvalue weighted by Crippen LogP contribution is 2.29. The molecule has 0 bridgehead atoms. The number of carboxylic acids is 1. The number of aromatic carboxylic acids is 1. The molecule has 1 aliphatic rings. The predicted molar refractivity (Wildman–Crippen MR) is 76.2 cm³/mol. The van der Waals surface area contributed by atoms with E-state index in [1.54, 1.807) is 12.1 Å². The molecule has 1 aromatic carbocycles. The van der Waals surface area contributed by atoms with Crippen molar-refractivity contribution in [2.75, 3.05) is 6.61 Å². The predicted octanol–water partition coefficient (Wildman–Crippen LogP) is 3.01. The fraction of sp³-hybridized carbons (Fsp3) is 0.562. The normalized spacial score (nSPS) is 17.1. The van der Waals surface area contributed by atoms with Crippen molar-refractivity contribution in [2.24, 2.45) is 5.92 Å². The van der Waals surface area contributed by atoms with Crippen LogP contribution in [0.5, 0.6) is 5.75 Å². The maximum absolute atomic E-state index is 11.1. The van der Waals surface area contributed by atoms with Gasteiger partial charge in [-0.05, 0) is 37.0 Å². The number of aliphatic hydroxyl groups excluding tert-OH is 1. The van der Waals surface area contributed by atoms with Crippen molar-refractivity contribution in [1.29, 1.82) is 0 Å². The Morgan fingerprint density at radius 3 is 2.75 bits per heavy atom. The van der Waals surface area contributed by atoms with Gasteiger partial charge in [-0.1, -0.05) is 31.7 Å². The second-order valence-electron chi connectivity index (χ2n) is 5.66. The fourth-order valence-electron chi connectivity index (χ4n) is 2.81. The molecule has 4 nitrogen and oxygen atoms in total. The molecule has 2 N–H and O–H groups in total. The van der Waals surface area contributed by atoms with E-state index in [9.17, 15) is 9.90 Å². The van der Waals surface area contributed by atoms with E-state index in [-0.39, 0.29) is 12.2 Å². The van der Waals surface area contributed by atoms with Crippen molar-refractivity contribution < 1.29 is 19.7 Å². The molecule has 0 saturated heterocycles. The Hall–Kier alpha value is -1.55. The average Bonchev–Trinajstić information content (AvgIpc) is 2.89. The molecule has 1 saturated carbocycles. The number of aliphatic hydroxyl groups is 1. The lowest BCUT2D eigenvalue weighted by Gasteiger charge is -2.17. The number of hydrogen-bond donors (Lipinski definition) is 2. The zero-order chi connectivity index (χ0) is 14.5. The second kappa shape index (κ2) is 6.75. The Morgan fingerprint density at radius 1 is 1.40 bits per heavy atom. The molecular weight excluding hydrogens is 256 g/mol. The first-order valence-electron chi connectivity index (χ1n) is 7.21. The highest BCUT2D eigenvalue weighted by atomic mass is 16.5. The minimum Gasteiger partial charge on any atom is -0.490 e. The number of rotatable bonds is 6. The lowest BCUT2D eigenvalue weighted by Crippen LogP contribution is -2.21. The van der Waals surface area contributed by atoms with Crippen LogP contribution >= 0.6 is 0 Å². The Kier molecular flexibility index (Phi) is 5.01. The van der Waals surface area contributed by atoms with E-state index in [1.165, 1.54) is 31.7 Å². The van der Waals surface area contributed by atoms with E-state index in [4.69, 9.17) is 9.84 Å². The van der Waals surface area contributed by atoms with E-state index < -0.39 is 12.1 Å². The first-order chi connectivity index (χ1) is 9.56. The summed E-state index contributed by atoms with van der Waals surface area (Å²) >= 11 is 0. The standard InChI is InChI=1S/C16H22O4/c1-11-6-7-14(16(18)19)15(8-11)20-10-13(17)9-12-4-2-3-5-12/h6-8,12-13,17H,2-5,9-10H2,1H3,(H,18,19). The third kappa shape index (κ3) is 3.97. The summed E-state index contributed by atoms with van der Waals surface area (Å²) in [4.78, 5) is 11.1. The Labute approximate surface area is 119 Å². The van der Waals surface area contributed by atoms with Gasteiger partial charge in [-0.2, -0.15) is 0 Å². The van der Waals surface area contributed by atoms with Gasteiger partial charge in [0.05, 0.1) is 6.10 Å². The summed E-state index contributed by atoms with van der Waals surface area (Å²) in [5.41, 5.74) is 1.08. The van der Waals surface area contributed by atoms with Gasteiger partial charge in [0.25, 0.3) is 0 Å². The van der Waals surface area contributed by atoms with Crippen LogP contribution in [0.4, 0.5) is 0 Å². The molecule has 0 aliphatic heterocycles. The molecule has 20 heavy (non-hydrogen) atoms. The third-order valence-corrected chi connectivity index (χ3v) is 3.88. The lowest BCUT2D eigenvalue weighted by atomic mass is 10.0. The largest absolute Gasteiger partial charge is 0.490 e. The average molecular weight is 278 g/mol. The van der Waals surface area contributed by atoms with Crippen LogP contribution in [0, 0.1) is 12.8 Å². The van der Waals surface area contributed by atoms with Crippen LogP contribution in [0.3, 0.4) is 0 Å². The smallest absolute Gasteiger partial charge is 0.339 e. The van der Waals surface area contributed by atoms with E-state index in [1.807, 2.05) is 6.92 Å². The summed E-state index contributed by atoms with van der Waals surface area (Å²) in [6.45, 7) is 2.04. The molecular formula is C16H22O4. The van der Waals surface area contributed by atoms with E-state index in [0.717, 1.165) is 12.0 Å². The van der Waals surface area contributed by atoms with Gasteiger partial charge in [-0.15, -0.1) is 0 Å². The molecule has 0 amide bonds. The molecule has 2 rings (SSSR count). The van der Waals surface area contributed by atoms with Crippen LogP contribution in [0.15, 0.2) is 18.2 Å². The van der Waals surface area contributed by atoms with Crippen LogP contribution in [-0.4, -0.2) is 28.9 Å². The minimum atomic E-state index is -1.01. The minimum absolute atomic E-state index is 0.142. The van der Waals surface area contributed by atoms with Crippen molar-refractivity contribution in [1.82, 2.24) is 0 Å². The molecule has 1 aliphatic carbocycles. The summed E-state index contributed by atoms with van der Waals surface area (Å²) in [7, 11) is 0. The molecule has 1 unspecified atom stereocenters. The molecule has 0 heterocycles. The topological polar surface area (TPSA) is 66.8 Å². The number of carbonyl (C=O) groups is 1. The monoisotopic (exact) mass is 278 g/mol. The molecule has 1 atom stereocenters. The molecule has 0 aromatic heterocycles. The summed E-state index contributed by atoms with van der Waals surface area (Å²) in [6, 6.07) is 4.98. The molecule has 110 valence electrons. The number of ether oxygens (including phenoxy) is 1. The number of benzene rings is 1. The summed E-state index contributed by atoms with van der Waals surface area (Å²) < 4.78 is 5.52. The van der Waals surface area contributed by atoms with Crippen molar-refractivity contribution in [3.05, 3.63) is 29.3 Å². The molecule has 4 heteroatoms. The van der Waals surface area contributed by atoms with Crippen molar-refractivity contribution in [3.8, 4) is 5.75 Å². The first-order valence-corrected chi connectivity index (χ1v) is 7.21. The maximum Gasteiger partial charge on any atom is 0.339 e. The van der Waals surface area contributed by atoms with Crippen LogP contribution in [-0.2, 0) is 0 Å². The van der Waals surface area contributed by atoms with Crippen LogP contribution in [0.1, 0.15) is 48.0 Å². The Bertz CT molecular complexity index is 464. The number of hydrogen-bond acceptors (Lipinski definition) is 3. The number of aryl methyl sites for hydroxylation is 1. The van der Waals surface area contributed by atoms with Crippen molar-refractivity contribution in [3.63, 3.8) is 0 Å². The second-order valence-corrected chi connectivity index (χ2v) is 5.66. The highest BCUT2D eigenvalue weighted by molar-refractivity contribution is 5.90. The Morgan fingerprint density at radius 2 is 2.10 bits per heavy atom. The van der Waals surface area contributed by atoms with Crippen molar-refractivity contribution >= 4 is 5.97 Å². The molecule has 1 aromatic rings. The van der Waals surface area contributed by atoms with Gasteiger partial charge in [0.2, 0.25) is 0 Å². The third-order valence-electron chi connectivity index (χ3n) is 3.88. The first kappa shape index (κ1) is 14.9. The highest BCUT2D eigenvalue weighted by Gasteiger charge is 2.20. The lowest BCUT2D eigenvalue weighted by molar-refractivity contribution is 0.0672. The van der Waals surface area contributed by atoms with Crippen LogP contribution < -0.4 is 4.74 Å². The van der Waals surface area contributed by atoms with E-state index >= 15 is 0 Å². The molecule has 0 radical (unpaired) electrons. The van der Waals surface area contributed by atoms with E-state index in [0.29, 0.717) is 11.7 Å². The summed E-state index contributed by atoms with van der Waals surface area (Å²) in [5, 5.41) is 19.1. The maximum atomic E-state index is 11.1. The van der Waals surface area contributed by atoms with Crippen LogP contribution in [0.2, 0.25) is 0 Å².